The molecule has 3 fully saturated rings. The van der Waals surface area contributed by atoms with E-state index in [0.717, 1.165) is 29.7 Å². The van der Waals surface area contributed by atoms with Gasteiger partial charge in [0.2, 0.25) is 11.8 Å². The Morgan fingerprint density at radius 1 is 1.17 bits per heavy atom. The number of hydrogen-bond acceptors (Lipinski definition) is 5. The van der Waals surface area contributed by atoms with Gasteiger partial charge in [0.25, 0.3) is 5.91 Å². The van der Waals surface area contributed by atoms with Crippen LogP contribution in [-0.2, 0) is 14.4 Å². The number of benzene rings is 1. The Kier molecular flexibility index (Phi) is 9.15. The van der Waals surface area contributed by atoms with E-state index in [9.17, 15) is 19.5 Å². The highest BCUT2D eigenvalue weighted by atomic mass is 32.2. The maximum Gasteiger partial charge on any atom is 0.251 e. The van der Waals surface area contributed by atoms with Crippen molar-refractivity contribution in [1.29, 1.82) is 0 Å². The number of thioether (sulfide) groups is 1. The summed E-state index contributed by atoms with van der Waals surface area (Å²) in [5.41, 5.74) is 2.79. The van der Waals surface area contributed by atoms with Gasteiger partial charge in [0.15, 0.2) is 0 Å². The maximum absolute atomic E-state index is 14.9. The van der Waals surface area contributed by atoms with Gasteiger partial charge in [0.1, 0.15) is 6.04 Å². The molecule has 1 spiro atoms. The number of carbonyl (C=O) groups is 3. The van der Waals surface area contributed by atoms with Gasteiger partial charge < -0.3 is 19.8 Å². The van der Waals surface area contributed by atoms with E-state index >= 15 is 0 Å². The zero-order valence-corrected chi connectivity index (χ0v) is 26.4. The van der Waals surface area contributed by atoms with Crippen LogP contribution in [0.3, 0.4) is 0 Å². The molecule has 3 saturated heterocycles. The van der Waals surface area contributed by atoms with Crippen molar-refractivity contribution in [2.45, 2.75) is 82.4 Å². The zero-order valence-electron chi connectivity index (χ0n) is 25.6. The summed E-state index contributed by atoms with van der Waals surface area (Å²) in [6, 6.07) is 4.69. The van der Waals surface area contributed by atoms with Crippen molar-refractivity contribution >= 4 is 35.2 Å². The van der Waals surface area contributed by atoms with Crippen LogP contribution in [0.5, 0.6) is 0 Å². The van der Waals surface area contributed by atoms with E-state index < -0.39 is 33.4 Å². The maximum atomic E-state index is 14.9. The van der Waals surface area contributed by atoms with E-state index in [2.05, 4.69) is 20.1 Å². The van der Waals surface area contributed by atoms with Crippen molar-refractivity contribution in [2.24, 2.45) is 17.8 Å². The molecule has 0 aliphatic carbocycles. The van der Waals surface area contributed by atoms with E-state index in [0.29, 0.717) is 26.1 Å². The summed E-state index contributed by atoms with van der Waals surface area (Å²) >= 11 is 1.67. The number of hydrogen-bond donors (Lipinski definition) is 1. The molecule has 7 nitrogen and oxygen atoms in total. The standard InChI is InChI=1S/C33H47N3O4S/c1-9-16-34(17-10-2)29(38)26-27-30(39)36(25(20-37)21(4)5)28(33(27)15-14-32(26,8)41-33)31(40)35(18-11-3)24-19-22(6)12-13-23(24)7/h9,11-13,19,21,25-28,37H,1,3,10,14-18,20H2,2,4-8H3/t25-,26-,27-,28?,32+,33?/m0/s1. The molecule has 0 saturated carbocycles. The van der Waals surface area contributed by atoms with Gasteiger partial charge >= 0.3 is 0 Å². The van der Waals surface area contributed by atoms with E-state index in [-0.39, 0.29) is 30.2 Å². The minimum absolute atomic E-state index is 0.0303. The fraction of sp³-hybridized carbons (Fsp3) is 0.606. The van der Waals surface area contributed by atoms with Crippen LogP contribution in [-0.4, -0.2) is 80.4 Å². The third kappa shape index (κ3) is 5.05. The second-order valence-electron chi connectivity index (χ2n) is 12.6. The van der Waals surface area contributed by atoms with Gasteiger partial charge in [-0.25, -0.2) is 0 Å². The van der Waals surface area contributed by atoms with Crippen LogP contribution < -0.4 is 4.90 Å². The summed E-state index contributed by atoms with van der Waals surface area (Å²) in [4.78, 5) is 49.0. The average Bonchev–Trinajstić information content (AvgIpc) is 3.49. The van der Waals surface area contributed by atoms with E-state index in [1.54, 1.807) is 33.7 Å². The van der Waals surface area contributed by atoms with Gasteiger partial charge in [0, 0.05) is 30.1 Å². The van der Waals surface area contributed by atoms with E-state index in [4.69, 9.17) is 0 Å². The lowest BCUT2D eigenvalue weighted by Crippen LogP contribution is -2.58. The number of likely N-dealkylation sites (tertiary alicyclic amines) is 1. The van der Waals surface area contributed by atoms with Gasteiger partial charge in [-0.15, -0.1) is 24.9 Å². The predicted octanol–water partition coefficient (Wildman–Crippen LogP) is 4.75. The molecule has 0 aromatic heterocycles. The molecule has 3 amide bonds. The minimum atomic E-state index is -0.803. The van der Waals surface area contributed by atoms with Gasteiger partial charge in [0.05, 0.1) is 29.2 Å². The molecule has 3 heterocycles. The number of nitrogens with zero attached hydrogens (tertiary/aromatic N) is 3. The van der Waals surface area contributed by atoms with E-state index in [1.165, 1.54) is 0 Å². The number of carbonyl (C=O) groups excluding carboxylic acids is 3. The molecule has 41 heavy (non-hydrogen) atoms. The summed E-state index contributed by atoms with van der Waals surface area (Å²) in [7, 11) is 0. The first-order chi connectivity index (χ1) is 19.4. The molecule has 0 radical (unpaired) electrons. The topological polar surface area (TPSA) is 81.2 Å². The van der Waals surface area contributed by atoms with Crippen molar-refractivity contribution in [3.8, 4) is 0 Å². The molecule has 3 aliphatic rings. The largest absolute Gasteiger partial charge is 0.394 e. The molecule has 224 valence electrons. The first kappa shape index (κ1) is 31.4. The number of fused-ring (bicyclic) bond motifs is 1. The van der Waals surface area contributed by atoms with Crippen molar-refractivity contribution < 1.29 is 19.5 Å². The van der Waals surface area contributed by atoms with Crippen molar-refractivity contribution in [3.05, 3.63) is 54.6 Å². The smallest absolute Gasteiger partial charge is 0.251 e. The highest BCUT2D eigenvalue weighted by Gasteiger charge is 2.78. The van der Waals surface area contributed by atoms with Crippen LogP contribution in [0.25, 0.3) is 0 Å². The predicted molar refractivity (Wildman–Crippen MR) is 167 cm³/mol. The first-order valence-electron chi connectivity index (χ1n) is 14.9. The van der Waals surface area contributed by atoms with Crippen LogP contribution in [0.4, 0.5) is 5.69 Å². The Balaban J connectivity index is 1.88. The van der Waals surface area contributed by atoms with Gasteiger partial charge in [-0.2, -0.15) is 0 Å². The lowest BCUT2D eigenvalue weighted by Gasteiger charge is -2.41. The molecule has 1 N–H and O–H groups in total. The van der Waals surface area contributed by atoms with Crippen molar-refractivity contribution in [3.63, 3.8) is 0 Å². The van der Waals surface area contributed by atoms with Crippen LogP contribution in [0.15, 0.2) is 43.5 Å². The number of aliphatic hydroxyl groups excluding tert-OH is 1. The summed E-state index contributed by atoms with van der Waals surface area (Å²) in [5.74, 6) is -1.63. The molecule has 3 aliphatic heterocycles. The normalized spacial score (nSPS) is 29.0. The Hall–Kier alpha value is -2.58. The van der Waals surface area contributed by atoms with Crippen LogP contribution in [0.2, 0.25) is 0 Å². The molecular weight excluding hydrogens is 534 g/mol. The van der Waals surface area contributed by atoms with Crippen molar-refractivity contribution in [1.82, 2.24) is 9.80 Å². The second kappa shape index (κ2) is 12.0. The van der Waals surface area contributed by atoms with Gasteiger partial charge in [-0.05, 0) is 63.1 Å². The van der Waals surface area contributed by atoms with Crippen LogP contribution in [0, 0.1) is 31.6 Å². The zero-order chi connectivity index (χ0) is 30.3. The lowest BCUT2D eigenvalue weighted by atomic mass is 9.66. The average molecular weight is 582 g/mol. The summed E-state index contributed by atoms with van der Waals surface area (Å²) in [6.07, 6.45) is 5.67. The molecule has 4 rings (SSSR count). The molecule has 6 atom stereocenters. The SMILES string of the molecule is C=CCN(CCC)C(=O)[C@@H]1[C@H]2C(=O)N([C@@H](CO)C(C)C)C(C(=O)N(CC=C)c3cc(C)ccc3C)C23CC[C@@]1(C)S3. The summed E-state index contributed by atoms with van der Waals surface area (Å²) in [5, 5.41) is 10.6. The quantitative estimate of drug-likeness (QED) is 0.361. The summed E-state index contributed by atoms with van der Waals surface area (Å²) < 4.78 is -1.21. The highest BCUT2D eigenvalue weighted by Crippen LogP contribution is 2.72. The van der Waals surface area contributed by atoms with E-state index in [1.807, 2.05) is 57.7 Å². The first-order valence-corrected chi connectivity index (χ1v) is 15.8. The number of rotatable bonds is 12. The Morgan fingerprint density at radius 2 is 1.85 bits per heavy atom. The highest BCUT2D eigenvalue weighted by molar-refractivity contribution is 8.02. The molecule has 8 heteroatoms. The molecule has 2 unspecified atom stereocenters. The number of amides is 3. The minimum Gasteiger partial charge on any atom is -0.394 e. The van der Waals surface area contributed by atoms with Crippen molar-refractivity contribution in [2.75, 3.05) is 31.1 Å². The third-order valence-electron chi connectivity index (χ3n) is 9.42. The fourth-order valence-corrected chi connectivity index (χ4v) is 9.83. The number of anilines is 1. The third-order valence-corrected chi connectivity index (χ3v) is 11.4. The van der Waals surface area contributed by atoms with Gasteiger partial charge in [-0.1, -0.05) is 45.1 Å². The van der Waals surface area contributed by atoms with Gasteiger partial charge in [-0.3, -0.25) is 14.4 Å². The number of aryl methyl sites for hydroxylation is 2. The monoisotopic (exact) mass is 581 g/mol. The summed E-state index contributed by atoms with van der Waals surface area (Å²) in [6.45, 7) is 20.9. The second-order valence-corrected chi connectivity index (χ2v) is 14.5. The molecule has 1 aromatic rings. The Labute approximate surface area is 250 Å². The Bertz CT molecular complexity index is 1220. The lowest BCUT2D eigenvalue weighted by molar-refractivity contribution is -0.147. The van der Waals surface area contributed by atoms with Crippen LogP contribution in [0.1, 0.15) is 58.1 Å². The number of aliphatic hydroxyl groups is 1. The van der Waals surface area contributed by atoms with Crippen LogP contribution >= 0.6 is 11.8 Å². The molecular formula is C33H47N3O4S. The fourth-order valence-electron chi connectivity index (χ4n) is 7.50. The Morgan fingerprint density at radius 3 is 2.44 bits per heavy atom. The molecule has 1 aromatic carbocycles. The molecule has 2 bridgehead atoms.